The van der Waals surface area contributed by atoms with Crippen molar-refractivity contribution in [1.29, 1.82) is 0 Å². The third kappa shape index (κ3) is 5.58. The fraction of sp³-hybridized carbons (Fsp3) is 0.238. The lowest BCUT2D eigenvalue weighted by molar-refractivity contribution is 0.0500. The highest BCUT2D eigenvalue weighted by Gasteiger charge is 2.13. The monoisotopic (exact) mass is 427 g/mol. The largest absolute Gasteiger partial charge is 0.462 e. The average molecular weight is 428 g/mol. The Morgan fingerprint density at radius 1 is 1.14 bits per heavy atom. The molecule has 0 aliphatic rings. The molecule has 1 aromatic heterocycles. The number of thiazole rings is 1. The molecule has 0 saturated heterocycles. The summed E-state index contributed by atoms with van der Waals surface area (Å²) in [6.45, 7) is 4.41. The SMILES string of the molecule is CCCCOC(=O)c1ccc2nc(NC(=S)NC(=O)c3ccc(C)cc3)sc2c1. The van der Waals surface area contributed by atoms with Gasteiger partial charge >= 0.3 is 5.97 Å². The lowest BCUT2D eigenvalue weighted by atomic mass is 10.1. The van der Waals surface area contributed by atoms with Gasteiger partial charge in [-0.1, -0.05) is 42.4 Å². The number of rotatable bonds is 6. The summed E-state index contributed by atoms with van der Waals surface area (Å²) >= 11 is 6.56. The molecule has 0 unspecified atom stereocenters. The standard InChI is InChI=1S/C21H21N3O3S2/c1-3-4-11-27-19(26)15-9-10-16-17(12-15)29-21(22-16)24-20(28)23-18(25)14-7-5-13(2)6-8-14/h5-10,12H,3-4,11H2,1-2H3,(H2,22,23,24,25,28). The zero-order valence-electron chi connectivity index (χ0n) is 16.2. The summed E-state index contributed by atoms with van der Waals surface area (Å²) in [6.07, 6.45) is 1.81. The van der Waals surface area contributed by atoms with Gasteiger partial charge in [-0.15, -0.1) is 0 Å². The number of fused-ring (bicyclic) bond motifs is 1. The van der Waals surface area contributed by atoms with E-state index in [1.807, 2.05) is 26.0 Å². The number of amides is 1. The quantitative estimate of drug-likeness (QED) is 0.338. The van der Waals surface area contributed by atoms with Crippen LogP contribution < -0.4 is 10.6 Å². The van der Waals surface area contributed by atoms with Gasteiger partial charge in [-0.3, -0.25) is 10.1 Å². The van der Waals surface area contributed by atoms with Crippen molar-refractivity contribution in [2.75, 3.05) is 11.9 Å². The van der Waals surface area contributed by atoms with Gasteiger partial charge < -0.3 is 10.1 Å². The number of nitrogens with one attached hydrogen (secondary N) is 2. The number of ether oxygens (including phenoxy) is 1. The lowest BCUT2D eigenvalue weighted by Crippen LogP contribution is -2.34. The minimum Gasteiger partial charge on any atom is -0.462 e. The van der Waals surface area contributed by atoms with Crippen molar-refractivity contribution in [2.45, 2.75) is 26.7 Å². The third-order valence-electron chi connectivity index (χ3n) is 4.12. The van der Waals surface area contributed by atoms with Gasteiger partial charge in [0.1, 0.15) is 0 Å². The van der Waals surface area contributed by atoms with Crippen LogP contribution in [0.3, 0.4) is 0 Å². The molecule has 2 N–H and O–H groups in total. The first kappa shape index (κ1) is 20.9. The molecular weight excluding hydrogens is 406 g/mol. The fourth-order valence-corrected chi connectivity index (χ4v) is 3.67. The zero-order valence-corrected chi connectivity index (χ0v) is 17.8. The van der Waals surface area contributed by atoms with Gasteiger partial charge in [-0.2, -0.15) is 0 Å². The molecule has 0 radical (unpaired) electrons. The first-order chi connectivity index (χ1) is 14.0. The molecule has 2 aromatic carbocycles. The number of nitrogens with zero attached hydrogens (tertiary/aromatic N) is 1. The molecule has 0 bridgehead atoms. The van der Waals surface area contributed by atoms with Crippen molar-refractivity contribution in [2.24, 2.45) is 0 Å². The molecule has 1 heterocycles. The van der Waals surface area contributed by atoms with Crippen molar-refractivity contribution in [3.05, 3.63) is 59.2 Å². The number of carbonyl (C=O) groups excluding carboxylic acids is 2. The van der Waals surface area contributed by atoms with E-state index < -0.39 is 0 Å². The van der Waals surface area contributed by atoms with E-state index in [9.17, 15) is 9.59 Å². The molecule has 0 aliphatic carbocycles. The summed E-state index contributed by atoms with van der Waals surface area (Å²) in [6, 6.07) is 12.4. The summed E-state index contributed by atoms with van der Waals surface area (Å²) in [7, 11) is 0. The number of aromatic nitrogens is 1. The van der Waals surface area contributed by atoms with Crippen LogP contribution >= 0.6 is 23.6 Å². The van der Waals surface area contributed by atoms with Gasteiger partial charge in [0, 0.05) is 5.56 Å². The minimum atomic E-state index is -0.343. The van der Waals surface area contributed by atoms with Gasteiger partial charge in [0.25, 0.3) is 5.91 Å². The molecular formula is C21H21N3O3S2. The van der Waals surface area contributed by atoms with E-state index in [-0.39, 0.29) is 17.0 Å². The maximum Gasteiger partial charge on any atom is 0.338 e. The van der Waals surface area contributed by atoms with Crippen LogP contribution in [0.4, 0.5) is 5.13 Å². The molecule has 0 saturated carbocycles. The maximum atomic E-state index is 12.2. The summed E-state index contributed by atoms with van der Waals surface area (Å²) in [5.41, 5.74) is 2.81. The Morgan fingerprint density at radius 3 is 2.59 bits per heavy atom. The number of hydrogen-bond donors (Lipinski definition) is 2. The highest BCUT2D eigenvalue weighted by molar-refractivity contribution is 7.80. The van der Waals surface area contributed by atoms with Crippen LogP contribution in [0.1, 0.15) is 46.0 Å². The van der Waals surface area contributed by atoms with Crippen molar-refractivity contribution in [3.8, 4) is 0 Å². The van der Waals surface area contributed by atoms with Gasteiger partial charge in [0.15, 0.2) is 10.2 Å². The van der Waals surface area contributed by atoms with Gasteiger partial charge in [0.05, 0.1) is 22.4 Å². The van der Waals surface area contributed by atoms with Crippen LogP contribution in [-0.2, 0) is 4.74 Å². The van der Waals surface area contributed by atoms with Gasteiger partial charge in [-0.25, -0.2) is 9.78 Å². The van der Waals surface area contributed by atoms with Crippen LogP contribution in [-0.4, -0.2) is 28.6 Å². The Balaban J connectivity index is 1.64. The number of esters is 1. The lowest BCUT2D eigenvalue weighted by Gasteiger charge is -2.07. The van der Waals surface area contributed by atoms with E-state index in [1.165, 1.54) is 11.3 Å². The van der Waals surface area contributed by atoms with E-state index in [2.05, 4.69) is 15.6 Å². The smallest absolute Gasteiger partial charge is 0.338 e. The molecule has 150 valence electrons. The highest BCUT2D eigenvalue weighted by atomic mass is 32.1. The predicted molar refractivity (Wildman–Crippen MR) is 120 cm³/mol. The molecule has 3 rings (SSSR count). The second-order valence-electron chi connectivity index (χ2n) is 6.47. The summed E-state index contributed by atoms with van der Waals surface area (Å²) < 4.78 is 6.07. The van der Waals surface area contributed by atoms with Crippen LogP contribution in [0.2, 0.25) is 0 Å². The Labute approximate surface area is 178 Å². The van der Waals surface area contributed by atoms with Crippen LogP contribution in [0.15, 0.2) is 42.5 Å². The molecule has 3 aromatic rings. The number of carbonyl (C=O) groups is 2. The Morgan fingerprint density at radius 2 is 1.86 bits per heavy atom. The minimum absolute atomic E-state index is 0.161. The zero-order chi connectivity index (χ0) is 20.8. The van der Waals surface area contributed by atoms with Crippen molar-refractivity contribution in [1.82, 2.24) is 10.3 Å². The summed E-state index contributed by atoms with van der Waals surface area (Å²) in [4.78, 5) is 28.8. The van der Waals surface area contributed by atoms with E-state index in [4.69, 9.17) is 17.0 Å². The topological polar surface area (TPSA) is 80.3 Å². The molecule has 8 heteroatoms. The van der Waals surface area contributed by atoms with Crippen LogP contribution in [0.5, 0.6) is 0 Å². The second kappa shape index (κ2) is 9.58. The maximum absolute atomic E-state index is 12.2. The van der Waals surface area contributed by atoms with E-state index >= 15 is 0 Å². The van der Waals surface area contributed by atoms with E-state index in [0.717, 1.165) is 28.6 Å². The number of hydrogen-bond acceptors (Lipinski definition) is 6. The van der Waals surface area contributed by atoms with Gasteiger partial charge in [-0.05, 0) is 55.9 Å². The summed E-state index contributed by atoms with van der Waals surface area (Å²) in [5.74, 6) is -0.634. The highest BCUT2D eigenvalue weighted by Crippen LogP contribution is 2.27. The molecule has 29 heavy (non-hydrogen) atoms. The van der Waals surface area contributed by atoms with Crippen molar-refractivity contribution in [3.63, 3.8) is 0 Å². The fourth-order valence-electron chi connectivity index (χ4n) is 2.51. The molecule has 0 aliphatic heterocycles. The van der Waals surface area contributed by atoms with Crippen LogP contribution in [0.25, 0.3) is 10.2 Å². The van der Waals surface area contributed by atoms with E-state index in [1.54, 1.807) is 30.3 Å². The van der Waals surface area contributed by atoms with Gasteiger partial charge in [0.2, 0.25) is 0 Å². The van der Waals surface area contributed by atoms with Crippen molar-refractivity contribution >= 4 is 55.9 Å². The van der Waals surface area contributed by atoms with E-state index in [0.29, 0.717) is 22.9 Å². The number of thiocarbonyl (C=S) groups is 1. The van der Waals surface area contributed by atoms with Crippen molar-refractivity contribution < 1.29 is 14.3 Å². The molecule has 6 nitrogen and oxygen atoms in total. The Hall–Kier alpha value is -2.84. The number of benzene rings is 2. The Kier molecular flexibility index (Phi) is 6.90. The van der Waals surface area contributed by atoms with Crippen LogP contribution in [0, 0.1) is 6.92 Å². The second-order valence-corrected chi connectivity index (χ2v) is 7.90. The molecule has 0 spiro atoms. The molecule has 1 amide bonds. The number of unbranched alkanes of at least 4 members (excludes halogenated alkanes) is 1. The average Bonchev–Trinajstić information content (AvgIpc) is 3.09. The number of aryl methyl sites for hydroxylation is 1. The Bertz CT molecular complexity index is 1050. The normalized spacial score (nSPS) is 10.6. The predicted octanol–water partition coefficient (Wildman–Crippen LogP) is 4.69. The third-order valence-corrected chi connectivity index (χ3v) is 5.25. The molecule has 0 fully saturated rings. The summed E-state index contributed by atoms with van der Waals surface area (Å²) in [5, 5.41) is 6.26. The first-order valence-corrected chi connectivity index (χ1v) is 10.5. The molecule has 0 atom stereocenters. The first-order valence-electron chi connectivity index (χ1n) is 9.23. The number of anilines is 1.